The van der Waals surface area contributed by atoms with E-state index in [9.17, 15) is 13.2 Å². The molecule has 26 heavy (non-hydrogen) atoms. The number of nitrogens with zero attached hydrogens (tertiary/aromatic N) is 2. The SMILES string of the molecule is COCC(=O)N1CCC[C@H](COc2cccc3c2C(N)=NS(=O)(=O)C3)N1. The van der Waals surface area contributed by atoms with E-state index in [1.54, 1.807) is 23.2 Å². The van der Waals surface area contributed by atoms with Crippen molar-refractivity contribution in [2.24, 2.45) is 10.1 Å². The summed E-state index contributed by atoms with van der Waals surface area (Å²) < 4.78 is 37.8. The smallest absolute Gasteiger partial charge is 0.262 e. The van der Waals surface area contributed by atoms with Gasteiger partial charge in [0.25, 0.3) is 15.9 Å². The van der Waals surface area contributed by atoms with Gasteiger partial charge in [-0.2, -0.15) is 0 Å². The maximum Gasteiger partial charge on any atom is 0.262 e. The number of nitrogens with one attached hydrogen (secondary N) is 1. The molecule has 142 valence electrons. The summed E-state index contributed by atoms with van der Waals surface area (Å²) in [5.74, 6) is 0.105. The lowest BCUT2D eigenvalue weighted by Crippen LogP contribution is -2.55. The second kappa shape index (κ2) is 7.60. The number of nitrogens with two attached hydrogens (primary N) is 1. The number of rotatable bonds is 5. The number of amidine groups is 1. The molecule has 2 heterocycles. The molecule has 3 N–H and O–H groups in total. The first-order valence-electron chi connectivity index (χ1n) is 8.28. The van der Waals surface area contributed by atoms with Crippen LogP contribution in [0.2, 0.25) is 0 Å². The number of amides is 1. The molecule has 0 radical (unpaired) electrons. The largest absolute Gasteiger partial charge is 0.491 e. The van der Waals surface area contributed by atoms with Crippen LogP contribution in [0.15, 0.2) is 22.6 Å². The molecule has 1 saturated heterocycles. The van der Waals surface area contributed by atoms with Gasteiger partial charge in [-0.05, 0) is 24.5 Å². The van der Waals surface area contributed by atoms with Crippen LogP contribution in [0.5, 0.6) is 5.75 Å². The Labute approximate surface area is 152 Å². The van der Waals surface area contributed by atoms with E-state index in [0.29, 0.717) is 30.0 Å². The Morgan fingerprint density at radius 1 is 1.46 bits per heavy atom. The van der Waals surface area contributed by atoms with Crippen molar-refractivity contribution >= 4 is 21.8 Å². The fourth-order valence-electron chi connectivity index (χ4n) is 3.09. The number of hydrogen-bond donors (Lipinski definition) is 2. The van der Waals surface area contributed by atoms with Crippen molar-refractivity contribution in [2.45, 2.75) is 24.6 Å². The highest BCUT2D eigenvalue weighted by Gasteiger charge is 2.27. The van der Waals surface area contributed by atoms with Crippen molar-refractivity contribution in [2.75, 3.05) is 26.9 Å². The predicted octanol–water partition coefficient (Wildman–Crippen LogP) is -0.244. The van der Waals surface area contributed by atoms with Gasteiger partial charge in [0.2, 0.25) is 0 Å². The third kappa shape index (κ3) is 4.14. The van der Waals surface area contributed by atoms with Crippen LogP contribution in [0, 0.1) is 0 Å². The molecule has 2 aliphatic rings. The molecule has 0 spiro atoms. The maximum atomic E-state index is 11.9. The van der Waals surface area contributed by atoms with Crippen molar-refractivity contribution < 1.29 is 22.7 Å². The minimum Gasteiger partial charge on any atom is -0.491 e. The normalized spacial score (nSPS) is 21.7. The van der Waals surface area contributed by atoms with Gasteiger partial charge in [0.05, 0.1) is 17.4 Å². The maximum absolute atomic E-state index is 11.9. The summed E-state index contributed by atoms with van der Waals surface area (Å²) >= 11 is 0. The Kier molecular flexibility index (Phi) is 5.44. The van der Waals surface area contributed by atoms with E-state index in [1.165, 1.54) is 7.11 Å². The van der Waals surface area contributed by atoms with Gasteiger partial charge in [0.15, 0.2) is 0 Å². The van der Waals surface area contributed by atoms with E-state index < -0.39 is 10.0 Å². The van der Waals surface area contributed by atoms with Crippen LogP contribution in [-0.4, -0.2) is 58.1 Å². The number of hydrogen-bond acceptors (Lipinski definition) is 7. The molecular weight excluding hydrogens is 360 g/mol. The van der Waals surface area contributed by atoms with Crippen LogP contribution in [0.4, 0.5) is 0 Å². The molecule has 0 aromatic heterocycles. The highest BCUT2D eigenvalue weighted by Crippen LogP contribution is 2.28. The molecule has 0 bridgehead atoms. The summed E-state index contributed by atoms with van der Waals surface area (Å²) in [6.07, 6.45) is 1.70. The topological polar surface area (TPSA) is 123 Å². The highest BCUT2D eigenvalue weighted by atomic mass is 32.2. The van der Waals surface area contributed by atoms with Gasteiger partial charge in [-0.1, -0.05) is 12.1 Å². The average molecular weight is 382 g/mol. The second-order valence-electron chi connectivity index (χ2n) is 6.25. The summed E-state index contributed by atoms with van der Waals surface area (Å²) in [4.78, 5) is 11.9. The molecule has 9 nitrogen and oxygen atoms in total. The molecule has 1 fully saturated rings. The molecule has 0 saturated carbocycles. The van der Waals surface area contributed by atoms with Crippen LogP contribution in [0.25, 0.3) is 0 Å². The van der Waals surface area contributed by atoms with E-state index in [4.69, 9.17) is 15.2 Å². The van der Waals surface area contributed by atoms with Crippen LogP contribution in [-0.2, 0) is 25.3 Å². The molecule has 10 heteroatoms. The fourth-order valence-corrected chi connectivity index (χ4v) is 4.18. The Bertz CT molecular complexity index is 824. The highest BCUT2D eigenvalue weighted by molar-refractivity contribution is 7.89. The van der Waals surface area contributed by atoms with Crippen molar-refractivity contribution in [1.82, 2.24) is 10.4 Å². The van der Waals surface area contributed by atoms with Gasteiger partial charge in [-0.25, -0.2) is 13.8 Å². The molecule has 1 amide bonds. The Morgan fingerprint density at radius 2 is 2.27 bits per heavy atom. The molecule has 2 aliphatic heterocycles. The van der Waals surface area contributed by atoms with Crippen molar-refractivity contribution in [3.63, 3.8) is 0 Å². The standard InChI is InChI=1S/C16H22N4O5S/c1-24-9-14(21)20-7-3-5-12(18-20)8-25-13-6-2-4-11-10-26(22,23)19-16(17)15(11)13/h2,4,6,12,18H,3,5,7-10H2,1H3,(H2,17,19)/t12-/m1/s1. The minimum absolute atomic E-state index is 0.0221. The van der Waals surface area contributed by atoms with Gasteiger partial charge in [-0.15, -0.1) is 4.40 Å². The zero-order valence-corrected chi connectivity index (χ0v) is 15.3. The third-order valence-electron chi connectivity index (χ3n) is 4.23. The first-order chi connectivity index (χ1) is 12.4. The van der Waals surface area contributed by atoms with Crippen molar-refractivity contribution in [3.05, 3.63) is 29.3 Å². The average Bonchev–Trinajstić information content (AvgIpc) is 2.59. The molecule has 3 rings (SSSR count). The molecular formula is C16H22N4O5S. The van der Waals surface area contributed by atoms with Crippen LogP contribution in [0.3, 0.4) is 0 Å². The number of methoxy groups -OCH3 is 1. The molecule has 1 aromatic rings. The van der Waals surface area contributed by atoms with Crippen LogP contribution in [0.1, 0.15) is 24.0 Å². The number of carbonyl (C=O) groups is 1. The lowest BCUT2D eigenvalue weighted by atomic mass is 10.1. The van der Waals surface area contributed by atoms with E-state index in [2.05, 4.69) is 9.82 Å². The minimum atomic E-state index is -3.58. The Balaban J connectivity index is 1.69. The summed E-state index contributed by atoms with van der Waals surface area (Å²) in [6.45, 7) is 0.957. The molecule has 0 unspecified atom stereocenters. The molecule has 1 atom stereocenters. The quantitative estimate of drug-likeness (QED) is 0.720. The van der Waals surface area contributed by atoms with Gasteiger partial charge in [-0.3, -0.25) is 9.80 Å². The second-order valence-corrected chi connectivity index (χ2v) is 7.89. The summed E-state index contributed by atoms with van der Waals surface area (Å²) in [5.41, 5.74) is 10.1. The van der Waals surface area contributed by atoms with E-state index in [0.717, 1.165) is 12.8 Å². The summed E-state index contributed by atoms with van der Waals surface area (Å²) in [5, 5.41) is 1.55. The fraction of sp³-hybridized carbons (Fsp3) is 0.500. The predicted molar refractivity (Wildman–Crippen MR) is 95.0 cm³/mol. The zero-order chi connectivity index (χ0) is 18.7. The van der Waals surface area contributed by atoms with Gasteiger partial charge >= 0.3 is 0 Å². The van der Waals surface area contributed by atoms with E-state index >= 15 is 0 Å². The number of fused-ring (bicyclic) bond motifs is 1. The van der Waals surface area contributed by atoms with Crippen LogP contribution >= 0.6 is 0 Å². The Hall–Kier alpha value is -2.17. The number of benzene rings is 1. The number of sulfonamides is 1. The lowest BCUT2D eigenvalue weighted by Gasteiger charge is -2.33. The van der Waals surface area contributed by atoms with Crippen LogP contribution < -0.4 is 15.9 Å². The first kappa shape index (κ1) is 18.6. The van der Waals surface area contributed by atoms with E-state index in [-0.39, 0.29) is 30.1 Å². The van der Waals surface area contributed by atoms with Crippen molar-refractivity contribution in [3.8, 4) is 5.75 Å². The van der Waals surface area contributed by atoms with Gasteiger partial charge in [0, 0.05) is 13.7 Å². The summed E-state index contributed by atoms with van der Waals surface area (Å²) in [7, 11) is -2.10. The van der Waals surface area contributed by atoms with Crippen molar-refractivity contribution in [1.29, 1.82) is 0 Å². The Morgan fingerprint density at radius 3 is 3.04 bits per heavy atom. The summed E-state index contributed by atoms with van der Waals surface area (Å²) in [6, 6.07) is 5.11. The monoisotopic (exact) mass is 382 g/mol. The van der Waals surface area contributed by atoms with Gasteiger partial charge in [0.1, 0.15) is 24.8 Å². The van der Waals surface area contributed by atoms with E-state index in [1.807, 2.05) is 0 Å². The first-order valence-corrected chi connectivity index (χ1v) is 9.89. The number of carbonyl (C=O) groups excluding carboxylic acids is 1. The lowest BCUT2D eigenvalue weighted by molar-refractivity contribution is -0.141. The number of hydrazine groups is 1. The zero-order valence-electron chi connectivity index (χ0n) is 14.5. The number of ether oxygens (including phenoxy) is 2. The molecule has 0 aliphatic carbocycles. The molecule has 1 aromatic carbocycles. The third-order valence-corrected chi connectivity index (χ3v) is 5.38. The van der Waals surface area contributed by atoms with Gasteiger partial charge < -0.3 is 15.2 Å².